The first-order chi connectivity index (χ1) is 8.88. The molecule has 4 heteroatoms. The molecule has 0 aromatic carbocycles. The molecule has 4 bridgehead atoms. The van der Waals surface area contributed by atoms with Gasteiger partial charge in [-0.2, -0.15) is 0 Å². The molecule has 1 aromatic rings. The average Bonchev–Trinajstić information content (AvgIpc) is 2.56. The van der Waals surface area contributed by atoms with Crippen molar-refractivity contribution in [1.29, 1.82) is 0 Å². The average molecular weight is 277 g/mol. The molecule has 19 heavy (non-hydrogen) atoms. The second-order valence-electron chi connectivity index (χ2n) is 8.34. The number of hydrogen-bond acceptors (Lipinski definition) is 4. The second-order valence-corrected chi connectivity index (χ2v) is 9.43. The smallest absolute Gasteiger partial charge is 0.203 e. The Balaban J connectivity index is 1.67. The van der Waals surface area contributed by atoms with Crippen LogP contribution in [0.15, 0.2) is 0 Å². The first kappa shape index (κ1) is 12.1. The fourth-order valence-electron chi connectivity index (χ4n) is 6.54. The third-order valence-electron chi connectivity index (χ3n) is 5.75. The molecule has 0 aliphatic heterocycles. The number of hydrogen-bond donors (Lipinski definition) is 1. The molecule has 1 heterocycles. The number of nitrogens with zero attached hydrogens (tertiary/aromatic N) is 2. The molecule has 3 nitrogen and oxygen atoms in total. The summed E-state index contributed by atoms with van der Waals surface area (Å²) in [6, 6.07) is 0. The summed E-state index contributed by atoms with van der Waals surface area (Å²) in [6.45, 7) is 5.05. The van der Waals surface area contributed by atoms with E-state index in [9.17, 15) is 0 Å². The van der Waals surface area contributed by atoms with Crippen molar-refractivity contribution >= 4 is 16.5 Å². The zero-order valence-corrected chi connectivity index (χ0v) is 12.7. The van der Waals surface area contributed by atoms with Gasteiger partial charge in [0, 0.05) is 6.42 Å². The van der Waals surface area contributed by atoms with Crippen LogP contribution >= 0.6 is 11.3 Å². The number of aromatic nitrogens is 2. The predicted octanol–water partition coefficient (Wildman–Crippen LogP) is 3.66. The zero-order chi connectivity index (χ0) is 13.3. The quantitative estimate of drug-likeness (QED) is 0.897. The van der Waals surface area contributed by atoms with E-state index >= 15 is 0 Å². The molecule has 0 spiro atoms. The lowest BCUT2D eigenvalue weighted by Gasteiger charge is -2.65. The van der Waals surface area contributed by atoms with Gasteiger partial charge in [-0.15, -0.1) is 10.2 Å². The third kappa shape index (κ3) is 1.91. The molecule has 104 valence electrons. The Morgan fingerprint density at radius 1 is 1.11 bits per heavy atom. The van der Waals surface area contributed by atoms with Crippen LogP contribution in [-0.4, -0.2) is 10.2 Å². The maximum atomic E-state index is 5.74. The van der Waals surface area contributed by atoms with E-state index in [1.54, 1.807) is 11.3 Å². The Morgan fingerprint density at radius 2 is 1.79 bits per heavy atom. The molecule has 4 saturated carbocycles. The predicted molar refractivity (Wildman–Crippen MR) is 77.9 cm³/mol. The van der Waals surface area contributed by atoms with E-state index in [0.29, 0.717) is 21.4 Å². The lowest BCUT2D eigenvalue weighted by molar-refractivity contribution is -0.144. The van der Waals surface area contributed by atoms with E-state index in [1.807, 2.05) is 0 Å². The summed E-state index contributed by atoms with van der Waals surface area (Å²) < 4.78 is 0. The minimum Gasteiger partial charge on any atom is -0.374 e. The summed E-state index contributed by atoms with van der Waals surface area (Å²) in [5.74, 6) is 0.955. The Hall–Kier alpha value is -0.640. The van der Waals surface area contributed by atoms with E-state index in [0.717, 1.165) is 17.3 Å². The van der Waals surface area contributed by atoms with Gasteiger partial charge in [0.05, 0.1) is 0 Å². The first-order valence-corrected chi connectivity index (χ1v) is 8.27. The lowest BCUT2D eigenvalue weighted by atomic mass is 9.40. The summed E-state index contributed by atoms with van der Waals surface area (Å²) in [7, 11) is 0. The van der Waals surface area contributed by atoms with Crippen LogP contribution in [0.4, 0.5) is 5.13 Å². The lowest BCUT2D eigenvalue weighted by Crippen LogP contribution is -2.55. The highest BCUT2D eigenvalue weighted by Crippen LogP contribution is 2.70. The van der Waals surface area contributed by atoms with Crippen LogP contribution in [0.25, 0.3) is 0 Å². The van der Waals surface area contributed by atoms with Gasteiger partial charge in [-0.25, -0.2) is 0 Å². The number of anilines is 1. The van der Waals surface area contributed by atoms with Gasteiger partial charge in [0.25, 0.3) is 0 Å². The van der Waals surface area contributed by atoms with Crippen LogP contribution in [0.5, 0.6) is 0 Å². The monoisotopic (exact) mass is 277 g/mol. The van der Waals surface area contributed by atoms with Crippen molar-refractivity contribution in [3.8, 4) is 0 Å². The number of rotatable bonds is 2. The van der Waals surface area contributed by atoms with Crippen LogP contribution in [0.3, 0.4) is 0 Å². The van der Waals surface area contributed by atoms with E-state index in [1.165, 1.54) is 38.5 Å². The Morgan fingerprint density at radius 3 is 2.32 bits per heavy atom. The molecule has 2 atom stereocenters. The summed E-state index contributed by atoms with van der Waals surface area (Å²) in [5.41, 5.74) is 7.41. The maximum absolute atomic E-state index is 5.74. The fourth-order valence-corrected chi connectivity index (χ4v) is 7.32. The van der Waals surface area contributed by atoms with Crippen molar-refractivity contribution in [1.82, 2.24) is 10.2 Å². The Labute approximate surface area is 119 Å². The topological polar surface area (TPSA) is 51.8 Å². The highest BCUT2D eigenvalue weighted by molar-refractivity contribution is 7.15. The van der Waals surface area contributed by atoms with E-state index < -0.39 is 0 Å². The first-order valence-electron chi connectivity index (χ1n) is 7.46. The van der Waals surface area contributed by atoms with Crippen LogP contribution in [0.2, 0.25) is 0 Å². The summed E-state index contributed by atoms with van der Waals surface area (Å²) in [5, 5.41) is 10.1. The second kappa shape index (κ2) is 3.51. The molecule has 0 saturated heterocycles. The van der Waals surface area contributed by atoms with Gasteiger partial charge >= 0.3 is 0 Å². The van der Waals surface area contributed by atoms with E-state index in [4.69, 9.17) is 5.73 Å². The third-order valence-corrected chi connectivity index (χ3v) is 6.50. The summed E-state index contributed by atoms with van der Waals surface area (Å²) in [4.78, 5) is 0. The van der Waals surface area contributed by atoms with Gasteiger partial charge in [0.2, 0.25) is 5.13 Å². The van der Waals surface area contributed by atoms with Crippen molar-refractivity contribution < 1.29 is 0 Å². The molecule has 5 rings (SSSR count). The molecule has 2 N–H and O–H groups in total. The molecule has 4 fully saturated rings. The normalized spacial score (nSPS) is 47.8. The standard InChI is InChI=1S/C15H23N3S/c1-13-3-10-4-14(2,7-13)9-15(5-10,8-13)6-11-17-18-12(16)19-11/h10H,3-9H2,1-2H3,(H2,16,18). The highest BCUT2D eigenvalue weighted by Gasteiger charge is 2.59. The molecule has 2 unspecified atom stereocenters. The summed E-state index contributed by atoms with van der Waals surface area (Å²) >= 11 is 1.59. The zero-order valence-electron chi connectivity index (χ0n) is 11.9. The van der Waals surface area contributed by atoms with E-state index in [-0.39, 0.29) is 0 Å². The van der Waals surface area contributed by atoms with E-state index in [2.05, 4.69) is 24.0 Å². The van der Waals surface area contributed by atoms with Crippen LogP contribution in [0, 0.1) is 22.2 Å². The van der Waals surface area contributed by atoms with Gasteiger partial charge in [-0.05, 0) is 60.7 Å². The summed E-state index contributed by atoms with van der Waals surface area (Å²) in [6.07, 6.45) is 9.68. The van der Waals surface area contributed by atoms with Gasteiger partial charge in [-0.3, -0.25) is 0 Å². The van der Waals surface area contributed by atoms with Crippen molar-refractivity contribution in [2.45, 2.75) is 58.8 Å². The Bertz CT molecular complexity index is 505. The minimum atomic E-state index is 0.495. The Kier molecular flexibility index (Phi) is 2.24. The van der Waals surface area contributed by atoms with Crippen molar-refractivity contribution in [3.63, 3.8) is 0 Å². The maximum Gasteiger partial charge on any atom is 0.203 e. The molecule has 0 radical (unpaired) electrons. The van der Waals surface area contributed by atoms with Crippen molar-refractivity contribution in [2.24, 2.45) is 22.2 Å². The van der Waals surface area contributed by atoms with Crippen LogP contribution in [0.1, 0.15) is 57.4 Å². The number of nitrogen functional groups attached to an aromatic ring is 1. The van der Waals surface area contributed by atoms with Gasteiger partial charge in [-0.1, -0.05) is 25.2 Å². The van der Waals surface area contributed by atoms with Crippen molar-refractivity contribution in [2.75, 3.05) is 5.73 Å². The molecule has 1 aromatic heterocycles. The van der Waals surface area contributed by atoms with Gasteiger partial charge in [0.1, 0.15) is 5.01 Å². The number of nitrogens with two attached hydrogens (primary N) is 1. The largest absolute Gasteiger partial charge is 0.374 e. The minimum absolute atomic E-state index is 0.495. The molecular formula is C15H23N3S. The molecule has 4 aliphatic rings. The van der Waals surface area contributed by atoms with Gasteiger partial charge < -0.3 is 5.73 Å². The molecule has 0 amide bonds. The van der Waals surface area contributed by atoms with Gasteiger partial charge in [0.15, 0.2) is 0 Å². The van der Waals surface area contributed by atoms with Crippen molar-refractivity contribution in [3.05, 3.63) is 5.01 Å². The highest BCUT2D eigenvalue weighted by atomic mass is 32.1. The van der Waals surface area contributed by atoms with Crippen LogP contribution < -0.4 is 5.73 Å². The SMILES string of the molecule is CC12CC3CC(C)(C1)CC(Cc1nnc(N)s1)(C3)C2. The molecular weight excluding hydrogens is 254 g/mol. The van der Waals surface area contributed by atoms with Crippen LogP contribution in [-0.2, 0) is 6.42 Å². The molecule has 4 aliphatic carbocycles. The fraction of sp³-hybridized carbons (Fsp3) is 0.867.